The largest absolute Gasteiger partial charge is 0.496 e. The van der Waals surface area contributed by atoms with Crippen LogP contribution in [0.5, 0.6) is 17.2 Å². The van der Waals surface area contributed by atoms with Crippen LogP contribution in [0.4, 0.5) is 10.7 Å². The third-order valence-electron chi connectivity index (χ3n) is 7.56. The quantitative estimate of drug-likeness (QED) is 0.0827. The first kappa shape index (κ1) is 36.3. The number of nitriles is 1. The Morgan fingerprint density at radius 3 is 2.16 bits per heavy atom. The van der Waals surface area contributed by atoms with Crippen LogP contribution in [0.3, 0.4) is 0 Å². The minimum absolute atomic E-state index is 0.0562. The van der Waals surface area contributed by atoms with Crippen molar-refractivity contribution in [3.63, 3.8) is 0 Å². The van der Waals surface area contributed by atoms with Gasteiger partial charge in [0.1, 0.15) is 22.5 Å². The molecule has 0 radical (unpaired) electrons. The molecule has 0 spiro atoms. The SMILES string of the molecule is COc1cc(OC)c(OC)cc1/C=C(/NC(=O)c1ccccc1)C(=O)Nc1cccc(SC(C)C(=O)Nc2scc(-c3ccccc3)c2C#N)c1. The van der Waals surface area contributed by atoms with Gasteiger partial charge in [0.25, 0.3) is 11.8 Å². The summed E-state index contributed by atoms with van der Waals surface area (Å²) in [6.45, 7) is 1.76. The van der Waals surface area contributed by atoms with Crippen LogP contribution in [-0.2, 0) is 9.59 Å². The van der Waals surface area contributed by atoms with Gasteiger partial charge >= 0.3 is 0 Å². The number of ether oxygens (including phenoxy) is 3. The Bertz CT molecular complexity index is 2110. The molecule has 0 saturated heterocycles. The average molecular weight is 719 g/mol. The molecule has 1 aromatic heterocycles. The molecule has 258 valence electrons. The van der Waals surface area contributed by atoms with Crippen molar-refractivity contribution >= 4 is 57.6 Å². The maximum Gasteiger partial charge on any atom is 0.272 e. The number of carbonyl (C=O) groups is 3. The van der Waals surface area contributed by atoms with E-state index < -0.39 is 17.1 Å². The van der Waals surface area contributed by atoms with Crippen LogP contribution >= 0.6 is 23.1 Å². The Morgan fingerprint density at radius 2 is 1.49 bits per heavy atom. The van der Waals surface area contributed by atoms with Gasteiger partial charge in [0.2, 0.25) is 5.91 Å². The molecular formula is C39H34N4O6S2. The van der Waals surface area contributed by atoms with Gasteiger partial charge in [-0.15, -0.1) is 23.1 Å². The Balaban J connectivity index is 1.34. The van der Waals surface area contributed by atoms with Gasteiger partial charge in [0, 0.05) is 38.7 Å². The summed E-state index contributed by atoms with van der Waals surface area (Å²) in [5.41, 5.74) is 3.28. The molecule has 0 bridgehead atoms. The maximum absolute atomic E-state index is 13.8. The highest BCUT2D eigenvalue weighted by Crippen LogP contribution is 2.37. The van der Waals surface area contributed by atoms with Crippen LogP contribution in [0.25, 0.3) is 17.2 Å². The van der Waals surface area contributed by atoms with E-state index in [4.69, 9.17) is 14.2 Å². The van der Waals surface area contributed by atoms with Gasteiger partial charge in [0.15, 0.2) is 11.5 Å². The number of methoxy groups -OCH3 is 3. The lowest BCUT2D eigenvalue weighted by Gasteiger charge is -2.15. The molecule has 1 heterocycles. The van der Waals surface area contributed by atoms with Crippen molar-refractivity contribution in [2.75, 3.05) is 32.0 Å². The molecule has 5 rings (SSSR count). The first-order valence-corrected chi connectivity index (χ1v) is 17.3. The Morgan fingerprint density at radius 1 is 0.824 bits per heavy atom. The van der Waals surface area contributed by atoms with E-state index in [0.29, 0.717) is 49.5 Å². The van der Waals surface area contributed by atoms with Crippen molar-refractivity contribution in [3.8, 4) is 34.4 Å². The lowest BCUT2D eigenvalue weighted by molar-refractivity contribution is -0.115. The van der Waals surface area contributed by atoms with Gasteiger partial charge in [-0.1, -0.05) is 54.6 Å². The highest BCUT2D eigenvalue weighted by molar-refractivity contribution is 8.00. The topological polar surface area (TPSA) is 139 Å². The number of carbonyl (C=O) groups excluding carboxylic acids is 3. The van der Waals surface area contributed by atoms with Crippen molar-refractivity contribution in [2.45, 2.75) is 17.1 Å². The molecule has 12 heteroatoms. The number of rotatable bonds is 13. The molecule has 0 aliphatic heterocycles. The number of nitrogens with one attached hydrogen (secondary N) is 3. The molecular weight excluding hydrogens is 685 g/mol. The molecule has 3 N–H and O–H groups in total. The van der Waals surface area contributed by atoms with Crippen molar-refractivity contribution < 1.29 is 28.6 Å². The van der Waals surface area contributed by atoms with E-state index in [1.54, 1.807) is 67.6 Å². The van der Waals surface area contributed by atoms with Gasteiger partial charge in [-0.3, -0.25) is 14.4 Å². The molecule has 4 aromatic carbocycles. The number of hydrogen-bond acceptors (Lipinski definition) is 9. The van der Waals surface area contributed by atoms with Gasteiger partial charge in [-0.05, 0) is 55.0 Å². The van der Waals surface area contributed by atoms with E-state index in [1.807, 2.05) is 41.8 Å². The van der Waals surface area contributed by atoms with Crippen molar-refractivity contribution in [3.05, 3.63) is 125 Å². The number of thioether (sulfide) groups is 1. The zero-order valence-corrected chi connectivity index (χ0v) is 29.8. The maximum atomic E-state index is 13.8. The Kier molecular flexibility index (Phi) is 12.1. The van der Waals surface area contributed by atoms with Gasteiger partial charge < -0.3 is 30.2 Å². The molecule has 0 aliphatic carbocycles. The number of anilines is 2. The predicted molar refractivity (Wildman–Crippen MR) is 201 cm³/mol. The van der Waals surface area contributed by atoms with Crippen LogP contribution in [0.15, 0.2) is 113 Å². The highest BCUT2D eigenvalue weighted by atomic mass is 32.2. The summed E-state index contributed by atoms with van der Waals surface area (Å²) in [4.78, 5) is 40.9. The second-order valence-electron chi connectivity index (χ2n) is 10.9. The Hall–Kier alpha value is -6.03. The molecule has 0 fully saturated rings. The third kappa shape index (κ3) is 8.96. The molecule has 0 aliphatic rings. The fourth-order valence-corrected chi connectivity index (χ4v) is 6.82. The molecule has 3 amide bonds. The minimum atomic E-state index is -0.597. The third-order valence-corrected chi connectivity index (χ3v) is 9.55. The van der Waals surface area contributed by atoms with E-state index in [9.17, 15) is 19.6 Å². The summed E-state index contributed by atoms with van der Waals surface area (Å²) in [5, 5.41) is 20.2. The summed E-state index contributed by atoms with van der Waals surface area (Å²) in [6, 6.07) is 30.6. The van der Waals surface area contributed by atoms with Crippen molar-refractivity contribution in [1.29, 1.82) is 5.26 Å². The zero-order valence-electron chi connectivity index (χ0n) is 28.2. The van der Waals surface area contributed by atoms with Crippen LogP contribution in [0.2, 0.25) is 0 Å². The standard InChI is InChI=1S/C39H34N4O6S2/c1-24(36(44)43-39-30(22-40)31(23-50-39)25-12-7-5-8-13-25)51-29-17-11-16-28(20-29)41-38(46)32(42-37(45)26-14-9-6-10-15-26)18-27-19-34(48-3)35(49-4)21-33(27)47-2/h5-21,23-24H,1-4H3,(H,41,46)(H,42,45)(H,43,44)/b32-18+. The van der Waals surface area contributed by atoms with Gasteiger partial charge in [-0.25, -0.2) is 0 Å². The highest BCUT2D eigenvalue weighted by Gasteiger charge is 2.21. The Labute approximate surface area is 304 Å². The second kappa shape index (κ2) is 17.1. The van der Waals surface area contributed by atoms with E-state index in [-0.39, 0.29) is 11.6 Å². The summed E-state index contributed by atoms with van der Waals surface area (Å²) < 4.78 is 16.4. The number of hydrogen-bond donors (Lipinski definition) is 3. The average Bonchev–Trinajstić information content (AvgIpc) is 3.57. The smallest absolute Gasteiger partial charge is 0.272 e. The predicted octanol–water partition coefficient (Wildman–Crippen LogP) is 7.84. The normalized spacial score (nSPS) is 11.5. The number of benzene rings is 4. The number of thiophene rings is 1. The fourth-order valence-electron chi connectivity index (χ4n) is 4.97. The van der Waals surface area contributed by atoms with Gasteiger partial charge in [0.05, 0.1) is 32.1 Å². The van der Waals surface area contributed by atoms with Crippen LogP contribution < -0.4 is 30.2 Å². The minimum Gasteiger partial charge on any atom is -0.496 e. The summed E-state index contributed by atoms with van der Waals surface area (Å²) >= 11 is 2.59. The fraction of sp³-hybridized carbons (Fsp3) is 0.128. The summed E-state index contributed by atoms with van der Waals surface area (Å²) in [7, 11) is 4.48. The summed E-state index contributed by atoms with van der Waals surface area (Å²) in [5.74, 6) is -0.132. The molecule has 10 nitrogen and oxygen atoms in total. The zero-order chi connectivity index (χ0) is 36.3. The summed E-state index contributed by atoms with van der Waals surface area (Å²) in [6.07, 6.45) is 1.49. The van der Waals surface area contributed by atoms with Crippen LogP contribution in [0.1, 0.15) is 28.4 Å². The van der Waals surface area contributed by atoms with Crippen molar-refractivity contribution in [2.24, 2.45) is 0 Å². The van der Waals surface area contributed by atoms with E-state index in [0.717, 1.165) is 11.1 Å². The molecule has 1 unspecified atom stereocenters. The van der Waals surface area contributed by atoms with Crippen LogP contribution in [-0.4, -0.2) is 44.3 Å². The molecule has 1 atom stereocenters. The molecule has 51 heavy (non-hydrogen) atoms. The monoisotopic (exact) mass is 718 g/mol. The first-order valence-electron chi connectivity index (χ1n) is 15.6. The van der Waals surface area contributed by atoms with E-state index in [2.05, 4.69) is 22.0 Å². The van der Waals surface area contributed by atoms with Crippen LogP contribution in [0, 0.1) is 11.3 Å². The lowest BCUT2D eigenvalue weighted by atomic mass is 10.1. The first-order chi connectivity index (χ1) is 24.7. The van der Waals surface area contributed by atoms with E-state index >= 15 is 0 Å². The van der Waals surface area contributed by atoms with Gasteiger partial charge in [-0.2, -0.15) is 5.26 Å². The molecule has 0 saturated carbocycles. The molecule has 5 aromatic rings. The van der Waals surface area contributed by atoms with E-state index in [1.165, 1.54) is 50.5 Å². The van der Waals surface area contributed by atoms with Crippen molar-refractivity contribution in [1.82, 2.24) is 5.32 Å². The second-order valence-corrected chi connectivity index (χ2v) is 13.2. The number of nitrogens with zero attached hydrogens (tertiary/aromatic N) is 1. The lowest BCUT2D eigenvalue weighted by Crippen LogP contribution is -2.30. The number of amides is 3.